The second kappa shape index (κ2) is 4.18. The average Bonchev–Trinajstić information content (AvgIpc) is 1.92. The molecule has 1 amide bonds. The van der Waals surface area contributed by atoms with Crippen molar-refractivity contribution in [1.29, 1.82) is 0 Å². The maximum absolute atomic E-state index is 13.0. The van der Waals surface area contributed by atoms with E-state index in [1.54, 1.807) is 0 Å². The van der Waals surface area contributed by atoms with Crippen LogP contribution >= 0.6 is 0 Å². The van der Waals surface area contributed by atoms with Crippen molar-refractivity contribution in [3.8, 4) is 0 Å². The molecule has 2 nitrogen and oxygen atoms in total. The van der Waals surface area contributed by atoms with Crippen LogP contribution in [0.25, 0.3) is 0 Å². The summed E-state index contributed by atoms with van der Waals surface area (Å²) in [6.07, 6.45) is -5.16. The smallest absolute Gasteiger partial charge is 0.339 e. The van der Waals surface area contributed by atoms with Gasteiger partial charge in [0.25, 0.3) is 5.92 Å². The Kier molecular flexibility index (Phi) is 3.95. The van der Waals surface area contributed by atoms with Crippen LogP contribution < -0.4 is 5.32 Å². The Labute approximate surface area is 90.2 Å². The number of hydrogen-bond donors (Lipinski definition) is 1. The quantitative estimate of drug-likeness (QED) is 0.747. The number of halogens is 5. The molecule has 0 saturated carbocycles. The molecule has 7 heteroatoms. The molecule has 16 heavy (non-hydrogen) atoms. The fraction of sp³-hybridized carbons (Fsp3) is 0.889. The van der Waals surface area contributed by atoms with Gasteiger partial charge in [0.15, 0.2) is 0 Å². The molecule has 0 aliphatic carbocycles. The molecular formula is C9H14F5NO. The number of hydrogen-bond acceptors (Lipinski definition) is 1. The minimum absolute atomic E-state index is 0.472. The molecule has 0 spiro atoms. The minimum Gasteiger partial charge on any atom is -0.339 e. The Hall–Kier alpha value is -0.880. The third-order valence-corrected chi connectivity index (χ3v) is 1.91. The van der Waals surface area contributed by atoms with Gasteiger partial charge < -0.3 is 5.32 Å². The van der Waals surface area contributed by atoms with Gasteiger partial charge in [-0.2, -0.15) is 13.2 Å². The zero-order chi connectivity index (χ0) is 13.4. The zero-order valence-corrected chi connectivity index (χ0v) is 9.38. The summed E-state index contributed by atoms with van der Waals surface area (Å²) in [5.41, 5.74) is -1.18. The molecule has 0 saturated heterocycles. The van der Waals surface area contributed by atoms with E-state index >= 15 is 0 Å². The molecule has 0 fully saturated rings. The highest BCUT2D eigenvalue weighted by atomic mass is 19.4. The van der Waals surface area contributed by atoms with E-state index < -0.39 is 29.5 Å². The van der Waals surface area contributed by atoms with Gasteiger partial charge in [0, 0.05) is 6.92 Å². The topological polar surface area (TPSA) is 29.1 Å². The predicted molar refractivity (Wildman–Crippen MR) is 48.1 cm³/mol. The predicted octanol–water partition coefficient (Wildman–Crippen LogP) is 2.73. The van der Waals surface area contributed by atoms with E-state index in [9.17, 15) is 26.7 Å². The lowest BCUT2D eigenvalue weighted by molar-refractivity contribution is -0.178. The van der Waals surface area contributed by atoms with E-state index in [1.165, 1.54) is 26.1 Å². The summed E-state index contributed by atoms with van der Waals surface area (Å²) >= 11 is 0. The monoisotopic (exact) mass is 247 g/mol. The number of carbonyl (C=O) groups is 1. The Balaban J connectivity index is 4.93. The van der Waals surface area contributed by atoms with Crippen LogP contribution in [0.5, 0.6) is 0 Å². The fourth-order valence-electron chi connectivity index (χ4n) is 1.32. The van der Waals surface area contributed by atoms with Crippen molar-refractivity contribution >= 4 is 5.91 Å². The van der Waals surface area contributed by atoms with Crippen molar-refractivity contribution in [3.05, 3.63) is 0 Å². The van der Waals surface area contributed by atoms with Gasteiger partial charge in [-0.05, 0) is 5.41 Å². The van der Waals surface area contributed by atoms with Crippen LogP contribution in [0, 0.1) is 5.41 Å². The van der Waals surface area contributed by atoms with Gasteiger partial charge in [-0.1, -0.05) is 20.8 Å². The zero-order valence-electron chi connectivity index (χ0n) is 9.38. The van der Waals surface area contributed by atoms with Crippen LogP contribution in [0.2, 0.25) is 0 Å². The van der Waals surface area contributed by atoms with Gasteiger partial charge in [-0.3, -0.25) is 4.79 Å². The van der Waals surface area contributed by atoms with Crippen LogP contribution in [0.4, 0.5) is 22.0 Å². The molecular weight excluding hydrogens is 233 g/mol. The molecule has 1 N–H and O–H groups in total. The summed E-state index contributed by atoms with van der Waals surface area (Å²) < 4.78 is 61.9. The summed E-state index contributed by atoms with van der Waals surface area (Å²) in [6.45, 7) is 4.45. The molecule has 0 aromatic heterocycles. The molecule has 1 unspecified atom stereocenters. The van der Waals surface area contributed by atoms with Crippen LogP contribution in [-0.4, -0.2) is 24.0 Å². The third kappa shape index (κ3) is 4.32. The van der Waals surface area contributed by atoms with E-state index in [1.807, 2.05) is 0 Å². The summed E-state index contributed by atoms with van der Waals surface area (Å²) in [5.74, 6) is -5.78. The standard InChI is InChI=1S/C9H14F5NO/c1-7(2,3)5(8(4,10)11)15-6(16)9(12,13)14/h5H,1-4H3,(H,15,16). The van der Waals surface area contributed by atoms with Crippen molar-refractivity contribution in [2.75, 3.05) is 0 Å². The number of carbonyl (C=O) groups excluding carboxylic acids is 1. The summed E-state index contributed by atoms with van der Waals surface area (Å²) in [6, 6.07) is -1.88. The Morgan fingerprint density at radius 3 is 1.56 bits per heavy atom. The van der Waals surface area contributed by atoms with Crippen molar-refractivity contribution in [2.45, 2.75) is 45.8 Å². The Morgan fingerprint density at radius 1 is 1.00 bits per heavy atom. The SMILES string of the molecule is CC(C)(C)C(NC(=O)C(F)(F)F)C(C)(F)F. The van der Waals surface area contributed by atoms with Gasteiger partial charge in [0.2, 0.25) is 0 Å². The highest BCUT2D eigenvalue weighted by molar-refractivity contribution is 5.82. The second-order valence-corrected chi connectivity index (χ2v) is 4.73. The third-order valence-electron chi connectivity index (χ3n) is 1.91. The lowest BCUT2D eigenvalue weighted by Gasteiger charge is -2.35. The highest BCUT2D eigenvalue weighted by Gasteiger charge is 2.48. The van der Waals surface area contributed by atoms with Crippen molar-refractivity contribution in [2.24, 2.45) is 5.41 Å². The molecule has 0 radical (unpaired) electrons. The Bertz CT molecular complexity index is 247. The molecule has 0 aliphatic rings. The lowest BCUT2D eigenvalue weighted by atomic mass is 9.83. The van der Waals surface area contributed by atoms with Crippen LogP contribution in [0.15, 0.2) is 0 Å². The van der Waals surface area contributed by atoms with Gasteiger partial charge in [0.05, 0.1) is 6.04 Å². The van der Waals surface area contributed by atoms with E-state index in [4.69, 9.17) is 0 Å². The highest BCUT2D eigenvalue weighted by Crippen LogP contribution is 2.32. The molecule has 0 aliphatic heterocycles. The lowest BCUT2D eigenvalue weighted by Crippen LogP contribution is -2.56. The minimum atomic E-state index is -5.16. The van der Waals surface area contributed by atoms with Crippen LogP contribution in [-0.2, 0) is 4.79 Å². The first-order valence-corrected chi connectivity index (χ1v) is 4.52. The first-order valence-electron chi connectivity index (χ1n) is 4.52. The van der Waals surface area contributed by atoms with E-state index in [0.29, 0.717) is 6.92 Å². The maximum atomic E-state index is 13.0. The van der Waals surface area contributed by atoms with Gasteiger partial charge in [0.1, 0.15) is 0 Å². The van der Waals surface area contributed by atoms with E-state index in [0.717, 1.165) is 0 Å². The first kappa shape index (κ1) is 15.1. The summed E-state index contributed by atoms with van der Waals surface area (Å²) in [7, 11) is 0. The molecule has 0 aromatic carbocycles. The molecule has 1 atom stereocenters. The molecule has 0 bridgehead atoms. The number of nitrogens with one attached hydrogen (secondary N) is 1. The first-order chi connectivity index (χ1) is 6.76. The van der Waals surface area contributed by atoms with Crippen molar-refractivity contribution < 1.29 is 26.7 Å². The van der Waals surface area contributed by atoms with Crippen LogP contribution in [0.3, 0.4) is 0 Å². The fourth-order valence-corrected chi connectivity index (χ4v) is 1.32. The second-order valence-electron chi connectivity index (χ2n) is 4.73. The average molecular weight is 247 g/mol. The van der Waals surface area contributed by atoms with Gasteiger partial charge >= 0.3 is 12.1 Å². The molecule has 0 aromatic rings. The van der Waals surface area contributed by atoms with Gasteiger partial charge in [-0.25, -0.2) is 8.78 Å². The largest absolute Gasteiger partial charge is 0.471 e. The molecule has 0 heterocycles. The van der Waals surface area contributed by atoms with Gasteiger partial charge in [-0.15, -0.1) is 0 Å². The van der Waals surface area contributed by atoms with E-state index in [-0.39, 0.29) is 0 Å². The number of amides is 1. The van der Waals surface area contributed by atoms with Crippen molar-refractivity contribution in [1.82, 2.24) is 5.32 Å². The van der Waals surface area contributed by atoms with Crippen LogP contribution in [0.1, 0.15) is 27.7 Å². The van der Waals surface area contributed by atoms with E-state index in [2.05, 4.69) is 0 Å². The van der Waals surface area contributed by atoms with Crippen molar-refractivity contribution in [3.63, 3.8) is 0 Å². The summed E-state index contributed by atoms with van der Waals surface area (Å²) in [5, 5.41) is 1.32. The molecule has 96 valence electrons. The maximum Gasteiger partial charge on any atom is 0.471 e. The Morgan fingerprint density at radius 2 is 1.38 bits per heavy atom. The summed E-state index contributed by atoms with van der Waals surface area (Å²) in [4.78, 5) is 10.6. The molecule has 0 rings (SSSR count). The number of rotatable bonds is 2. The number of alkyl halides is 5. The normalized spacial score (nSPS) is 15.8.